The zero-order valence-corrected chi connectivity index (χ0v) is 17.0. The first kappa shape index (κ1) is 21.3. The van der Waals surface area contributed by atoms with E-state index < -0.39 is 27.4 Å². The molecule has 3 aromatic rings. The van der Waals surface area contributed by atoms with Gasteiger partial charge in [0.05, 0.1) is 26.2 Å². The van der Waals surface area contributed by atoms with Gasteiger partial charge in [0.1, 0.15) is 6.54 Å². The lowest BCUT2D eigenvalue weighted by Crippen LogP contribution is -2.38. The molecule has 3 rings (SSSR count). The Bertz CT molecular complexity index is 1190. The molecular weight excluding hydrogens is 430 g/mol. The molecule has 1 amide bonds. The smallest absolute Gasteiger partial charge is 0.271 e. The Morgan fingerprint density at radius 3 is 2.33 bits per heavy atom. The molecule has 0 aliphatic heterocycles. The van der Waals surface area contributed by atoms with E-state index in [1.807, 2.05) is 0 Å². The van der Waals surface area contributed by atoms with Crippen molar-refractivity contribution in [2.45, 2.75) is 4.90 Å². The highest BCUT2D eigenvalue weighted by Gasteiger charge is 2.28. The average Bonchev–Trinajstić information content (AvgIpc) is 2.74. The van der Waals surface area contributed by atoms with E-state index in [-0.39, 0.29) is 16.3 Å². The van der Waals surface area contributed by atoms with Crippen molar-refractivity contribution in [2.24, 2.45) is 0 Å². The third-order valence-corrected chi connectivity index (χ3v) is 6.21. The summed E-state index contributed by atoms with van der Waals surface area (Å²) in [6.07, 6.45) is 0. The normalized spacial score (nSPS) is 11.0. The first-order chi connectivity index (χ1) is 14.3. The van der Waals surface area contributed by atoms with Gasteiger partial charge < -0.3 is 5.32 Å². The minimum atomic E-state index is -4.18. The Morgan fingerprint density at radius 2 is 1.67 bits per heavy atom. The van der Waals surface area contributed by atoms with Gasteiger partial charge in [-0.05, 0) is 30.3 Å². The molecule has 154 valence electrons. The number of halogens is 1. The van der Waals surface area contributed by atoms with Gasteiger partial charge in [-0.2, -0.15) is 0 Å². The third-order valence-electron chi connectivity index (χ3n) is 4.09. The maximum Gasteiger partial charge on any atom is 0.271 e. The quantitative estimate of drug-likeness (QED) is 0.435. The van der Waals surface area contributed by atoms with Crippen molar-refractivity contribution in [1.82, 2.24) is 0 Å². The predicted molar refractivity (Wildman–Crippen MR) is 114 cm³/mol. The number of hydrogen-bond donors (Lipinski definition) is 1. The zero-order valence-electron chi connectivity index (χ0n) is 15.4. The van der Waals surface area contributed by atoms with Gasteiger partial charge in [0.2, 0.25) is 5.91 Å². The Kier molecular flexibility index (Phi) is 6.34. The Labute approximate surface area is 177 Å². The van der Waals surface area contributed by atoms with Crippen LogP contribution in [0.25, 0.3) is 0 Å². The number of nitrogens with zero attached hydrogens (tertiary/aromatic N) is 2. The highest BCUT2D eigenvalue weighted by Crippen LogP contribution is 2.27. The minimum absolute atomic E-state index is 0.0117. The number of nitro groups is 1. The molecule has 0 radical (unpaired) electrons. The minimum Gasteiger partial charge on any atom is -0.323 e. The van der Waals surface area contributed by atoms with Crippen molar-refractivity contribution in [3.05, 3.63) is 94.0 Å². The first-order valence-electron chi connectivity index (χ1n) is 8.65. The molecule has 0 aliphatic rings. The van der Waals surface area contributed by atoms with Gasteiger partial charge in [0.15, 0.2) is 0 Å². The molecule has 0 aromatic heterocycles. The van der Waals surface area contributed by atoms with Crippen molar-refractivity contribution in [3.8, 4) is 0 Å². The molecule has 0 spiro atoms. The third kappa shape index (κ3) is 4.76. The maximum atomic E-state index is 13.2. The number of nitro benzene ring substituents is 1. The summed E-state index contributed by atoms with van der Waals surface area (Å²) >= 11 is 6.04. The summed E-state index contributed by atoms with van der Waals surface area (Å²) in [4.78, 5) is 23.1. The van der Waals surface area contributed by atoms with E-state index in [9.17, 15) is 23.3 Å². The number of non-ortho nitro benzene ring substituents is 1. The van der Waals surface area contributed by atoms with Crippen molar-refractivity contribution < 1.29 is 18.1 Å². The molecule has 3 aromatic carbocycles. The summed E-state index contributed by atoms with van der Waals surface area (Å²) in [7, 11) is -4.18. The molecular formula is C20H16ClN3O5S. The molecule has 0 aliphatic carbocycles. The fraction of sp³-hybridized carbons (Fsp3) is 0.0500. The zero-order chi connectivity index (χ0) is 21.7. The molecule has 0 unspecified atom stereocenters. The molecule has 10 heteroatoms. The van der Waals surface area contributed by atoms with E-state index in [1.165, 1.54) is 30.3 Å². The number of para-hydroxylation sites is 1. The van der Waals surface area contributed by atoms with Crippen LogP contribution in [0, 0.1) is 10.1 Å². The van der Waals surface area contributed by atoms with Crippen LogP contribution in [0.4, 0.5) is 17.1 Å². The molecule has 30 heavy (non-hydrogen) atoms. The number of rotatable bonds is 7. The Hall–Kier alpha value is -3.43. The summed E-state index contributed by atoms with van der Waals surface area (Å²) in [6, 6.07) is 19.1. The maximum absolute atomic E-state index is 13.2. The molecule has 0 saturated heterocycles. The fourth-order valence-corrected chi connectivity index (χ4v) is 4.30. The van der Waals surface area contributed by atoms with E-state index in [4.69, 9.17) is 11.6 Å². The van der Waals surface area contributed by atoms with Crippen LogP contribution in [0.1, 0.15) is 0 Å². The van der Waals surface area contributed by atoms with Crippen LogP contribution in [0.2, 0.25) is 5.02 Å². The highest BCUT2D eigenvalue weighted by molar-refractivity contribution is 7.92. The van der Waals surface area contributed by atoms with Gasteiger partial charge in [-0.1, -0.05) is 48.0 Å². The van der Waals surface area contributed by atoms with Crippen LogP contribution >= 0.6 is 11.6 Å². The van der Waals surface area contributed by atoms with Crippen LogP contribution < -0.4 is 9.62 Å². The largest absolute Gasteiger partial charge is 0.323 e. The van der Waals surface area contributed by atoms with E-state index in [1.54, 1.807) is 42.5 Å². The summed E-state index contributed by atoms with van der Waals surface area (Å²) in [6.45, 7) is -0.608. The van der Waals surface area contributed by atoms with Crippen LogP contribution in [-0.4, -0.2) is 25.8 Å². The van der Waals surface area contributed by atoms with Gasteiger partial charge in [-0.25, -0.2) is 8.42 Å². The monoisotopic (exact) mass is 445 g/mol. The molecule has 1 N–H and O–H groups in total. The van der Waals surface area contributed by atoms with E-state index in [2.05, 4.69) is 5.32 Å². The summed E-state index contributed by atoms with van der Waals surface area (Å²) in [5.41, 5.74) is 0.00917. The van der Waals surface area contributed by atoms with Crippen molar-refractivity contribution in [1.29, 1.82) is 0 Å². The predicted octanol–water partition coefficient (Wildman–Crippen LogP) is 4.08. The summed E-state index contributed by atoms with van der Waals surface area (Å²) < 4.78 is 27.3. The van der Waals surface area contributed by atoms with Crippen molar-refractivity contribution >= 4 is 44.6 Å². The second-order valence-corrected chi connectivity index (χ2v) is 8.40. The lowest BCUT2D eigenvalue weighted by Gasteiger charge is -2.24. The van der Waals surface area contributed by atoms with E-state index >= 15 is 0 Å². The van der Waals surface area contributed by atoms with Crippen LogP contribution in [0.3, 0.4) is 0 Å². The highest BCUT2D eigenvalue weighted by atomic mass is 35.5. The Balaban J connectivity index is 2.00. The van der Waals surface area contributed by atoms with E-state index in [0.717, 1.165) is 10.4 Å². The number of nitrogens with one attached hydrogen (secondary N) is 1. The second kappa shape index (κ2) is 8.93. The number of sulfonamides is 1. The average molecular weight is 446 g/mol. The van der Waals surface area contributed by atoms with Gasteiger partial charge in [0, 0.05) is 12.1 Å². The lowest BCUT2D eigenvalue weighted by atomic mass is 10.3. The number of carbonyl (C=O) groups is 1. The molecule has 0 bridgehead atoms. The van der Waals surface area contributed by atoms with E-state index in [0.29, 0.717) is 10.7 Å². The van der Waals surface area contributed by atoms with Crippen molar-refractivity contribution in [2.75, 3.05) is 16.2 Å². The summed E-state index contributed by atoms with van der Waals surface area (Å²) in [5, 5.41) is 14.0. The molecule has 8 nitrogen and oxygen atoms in total. The number of carbonyl (C=O) groups excluding carboxylic acids is 1. The molecule has 0 saturated carbocycles. The topological polar surface area (TPSA) is 110 Å². The lowest BCUT2D eigenvalue weighted by molar-refractivity contribution is -0.384. The van der Waals surface area contributed by atoms with Crippen LogP contribution in [0.15, 0.2) is 83.8 Å². The van der Waals surface area contributed by atoms with Gasteiger partial charge in [-0.15, -0.1) is 0 Å². The van der Waals surface area contributed by atoms with Gasteiger partial charge in [0.25, 0.3) is 15.7 Å². The SMILES string of the molecule is O=C(CN(c1cccc([N+](=O)[O-])c1)S(=O)(=O)c1ccccc1)Nc1ccccc1Cl. The molecule has 0 atom stereocenters. The van der Waals surface area contributed by atoms with Gasteiger partial charge >= 0.3 is 0 Å². The van der Waals surface area contributed by atoms with Crippen LogP contribution in [0.5, 0.6) is 0 Å². The number of amides is 1. The molecule has 0 fully saturated rings. The number of hydrogen-bond acceptors (Lipinski definition) is 5. The first-order valence-corrected chi connectivity index (χ1v) is 10.5. The Morgan fingerprint density at radius 1 is 1.00 bits per heavy atom. The summed E-state index contributed by atoms with van der Waals surface area (Å²) in [5.74, 6) is -0.658. The fourth-order valence-electron chi connectivity index (χ4n) is 2.68. The number of anilines is 2. The standard InChI is InChI=1S/C20H16ClN3O5S/c21-18-11-4-5-12-19(18)22-20(25)14-23(15-7-6-8-16(13-15)24(26)27)30(28,29)17-9-2-1-3-10-17/h1-13H,14H2,(H,22,25). The van der Waals surface area contributed by atoms with Crippen molar-refractivity contribution in [3.63, 3.8) is 0 Å². The molecule has 0 heterocycles. The van der Waals surface area contributed by atoms with Gasteiger partial charge in [-0.3, -0.25) is 19.2 Å². The second-order valence-electron chi connectivity index (χ2n) is 6.13. The number of benzene rings is 3. The van der Waals surface area contributed by atoms with Crippen LogP contribution in [-0.2, 0) is 14.8 Å².